The molecule has 0 radical (unpaired) electrons. The van der Waals surface area contributed by atoms with Gasteiger partial charge in [0.2, 0.25) is 0 Å². The summed E-state index contributed by atoms with van der Waals surface area (Å²) >= 11 is 0. The number of aromatic nitrogens is 1. The van der Waals surface area contributed by atoms with E-state index in [9.17, 15) is 4.79 Å². The van der Waals surface area contributed by atoms with Crippen LogP contribution in [0.25, 0.3) is 0 Å². The normalized spacial score (nSPS) is 12.2. The number of hydrogen-bond donors (Lipinski definition) is 0. The van der Waals surface area contributed by atoms with Gasteiger partial charge in [0.1, 0.15) is 11.4 Å². The maximum Gasteiger partial charge on any atom is 0.172 e. The van der Waals surface area contributed by atoms with Gasteiger partial charge in [-0.2, -0.15) is 0 Å². The van der Waals surface area contributed by atoms with E-state index < -0.39 is 0 Å². The van der Waals surface area contributed by atoms with Crippen molar-refractivity contribution in [3.63, 3.8) is 0 Å². The SMILES string of the molecule is CCC(C)Oc1ccc(C)nc1C=O. The van der Waals surface area contributed by atoms with Gasteiger partial charge in [-0.15, -0.1) is 0 Å². The van der Waals surface area contributed by atoms with Crippen molar-refractivity contribution >= 4 is 6.29 Å². The summed E-state index contributed by atoms with van der Waals surface area (Å²) in [5.41, 5.74) is 1.20. The van der Waals surface area contributed by atoms with E-state index in [1.807, 2.05) is 26.8 Å². The van der Waals surface area contributed by atoms with Crippen molar-refractivity contribution in [3.8, 4) is 5.75 Å². The number of carbonyl (C=O) groups excluding carboxylic acids is 1. The molecule has 76 valence electrons. The molecule has 0 amide bonds. The molecule has 0 saturated heterocycles. The van der Waals surface area contributed by atoms with E-state index in [4.69, 9.17) is 4.74 Å². The summed E-state index contributed by atoms with van der Waals surface area (Å²) in [6.07, 6.45) is 1.75. The number of hydrogen-bond acceptors (Lipinski definition) is 3. The minimum Gasteiger partial charge on any atom is -0.488 e. The third-order valence-electron chi connectivity index (χ3n) is 2.04. The van der Waals surface area contributed by atoms with Crippen LogP contribution in [0.1, 0.15) is 36.5 Å². The Morgan fingerprint density at radius 2 is 2.29 bits per heavy atom. The van der Waals surface area contributed by atoms with Gasteiger partial charge in [0.25, 0.3) is 0 Å². The number of aryl methyl sites for hydroxylation is 1. The lowest BCUT2D eigenvalue weighted by atomic mass is 10.2. The van der Waals surface area contributed by atoms with Crippen LogP contribution in [0.3, 0.4) is 0 Å². The summed E-state index contributed by atoms with van der Waals surface area (Å²) in [6.45, 7) is 5.85. The van der Waals surface area contributed by atoms with Crippen molar-refractivity contribution in [1.82, 2.24) is 4.98 Å². The van der Waals surface area contributed by atoms with Crippen molar-refractivity contribution in [2.75, 3.05) is 0 Å². The summed E-state index contributed by atoms with van der Waals surface area (Å²) in [6, 6.07) is 3.63. The fourth-order valence-electron chi connectivity index (χ4n) is 1.05. The van der Waals surface area contributed by atoms with Crippen molar-refractivity contribution in [1.29, 1.82) is 0 Å². The highest BCUT2D eigenvalue weighted by atomic mass is 16.5. The molecule has 0 aliphatic heterocycles. The molecule has 1 rings (SSSR count). The van der Waals surface area contributed by atoms with Crippen molar-refractivity contribution in [2.24, 2.45) is 0 Å². The summed E-state index contributed by atoms with van der Waals surface area (Å²) in [5.74, 6) is 0.569. The molecule has 3 heteroatoms. The summed E-state index contributed by atoms with van der Waals surface area (Å²) in [5, 5.41) is 0. The van der Waals surface area contributed by atoms with Crippen LogP contribution in [0.2, 0.25) is 0 Å². The van der Waals surface area contributed by atoms with Crippen LogP contribution in [0, 0.1) is 6.92 Å². The summed E-state index contributed by atoms with van der Waals surface area (Å²) in [4.78, 5) is 14.8. The zero-order valence-electron chi connectivity index (χ0n) is 8.78. The average molecular weight is 193 g/mol. The van der Waals surface area contributed by atoms with Crippen molar-refractivity contribution in [2.45, 2.75) is 33.3 Å². The molecule has 1 heterocycles. The zero-order valence-corrected chi connectivity index (χ0v) is 8.78. The lowest BCUT2D eigenvalue weighted by Gasteiger charge is -2.13. The molecule has 1 aromatic heterocycles. The van der Waals surface area contributed by atoms with E-state index in [1.165, 1.54) is 0 Å². The minimum absolute atomic E-state index is 0.109. The third-order valence-corrected chi connectivity index (χ3v) is 2.04. The molecule has 1 unspecified atom stereocenters. The van der Waals surface area contributed by atoms with Crippen LogP contribution in [0.15, 0.2) is 12.1 Å². The Bertz CT molecular complexity index is 323. The van der Waals surface area contributed by atoms with Crippen LogP contribution >= 0.6 is 0 Å². The molecule has 0 aliphatic rings. The topological polar surface area (TPSA) is 39.2 Å². The molecule has 0 bridgehead atoms. The Morgan fingerprint density at radius 3 is 2.86 bits per heavy atom. The Kier molecular flexibility index (Phi) is 3.63. The van der Waals surface area contributed by atoms with E-state index in [-0.39, 0.29) is 6.10 Å². The first-order valence-corrected chi connectivity index (χ1v) is 4.76. The first kappa shape index (κ1) is 10.7. The second kappa shape index (κ2) is 4.74. The summed E-state index contributed by atoms with van der Waals surface area (Å²) in [7, 11) is 0. The predicted molar refractivity (Wildman–Crippen MR) is 54.7 cm³/mol. The molecule has 3 nitrogen and oxygen atoms in total. The molecule has 0 fully saturated rings. The Hall–Kier alpha value is -1.38. The molecular formula is C11H15NO2. The lowest BCUT2D eigenvalue weighted by Crippen LogP contribution is -2.11. The van der Waals surface area contributed by atoms with Gasteiger partial charge in [0.15, 0.2) is 6.29 Å². The quantitative estimate of drug-likeness (QED) is 0.689. The first-order chi connectivity index (χ1) is 6.67. The second-order valence-electron chi connectivity index (χ2n) is 3.29. The maximum atomic E-state index is 10.7. The Balaban J connectivity index is 2.90. The fraction of sp³-hybridized carbons (Fsp3) is 0.455. The van der Waals surface area contributed by atoms with E-state index >= 15 is 0 Å². The van der Waals surface area contributed by atoms with E-state index in [1.54, 1.807) is 6.07 Å². The van der Waals surface area contributed by atoms with Gasteiger partial charge in [-0.25, -0.2) is 4.98 Å². The molecule has 0 aliphatic carbocycles. The highest BCUT2D eigenvalue weighted by molar-refractivity contribution is 5.76. The van der Waals surface area contributed by atoms with E-state index in [0.717, 1.165) is 18.4 Å². The average Bonchev–Trinajstić information content (AvgIpc) is 2.20. The number of carbonyl (C=O) groups is 1. The lowest BCUT2D eigenvalue weighted by molar-refractivity contribution is 0.111. The first-order valence-electron chi connectivity index (χ1n) is 4.76. The molecule has 0 saturated carbocycles. The molecular weight excluding hydrogens is 178 g/mol. The van der Waals surface area contributed by atoms with Crippen LogP contribution in [0.4, 0.5) is 0 Å². The number of aldehydes is 1. The van der Waals surface area contributed by atoms with Gasteiger partial charge in [0.05, 0.1) is 6.10 Å². The second-order valence-corrected chi connectivity index (χ2v) is 3.29. The van der Waals surface area contributed by atoms with Crippen LogP contribution in [0.5, 0.6) is 5.75 Å². The smallest absolute Gasteiger partial charge is 0.172 e. The van der Waals surface area contributed by atoms with Gasteiger partial charge in [0, 0.05) is 5.69 Å². The Labute approximate surface area is 84.1 Å². The number of nitrogens with zero attached hydrogens (tertiary/aromatic N) is 1. The van der Waals surface area contributed by atoms with Crippen molar-refractivity contribution in [3.05, 3.63) is 23.5 Å². The van der Waals surface area contributed by atoms with E-state index in [0.29, 0.717) is 11.4 Å². The Morgan fingerprint density at radius 1 is 1.57 bits per heavy atom. The largest absolute Gasteiger partial charge is 0.488 e. The molecule has 0 N–H and O–H groups in total. The zero-order chi connectivity index (χ0) is 10.6. The number of rotatable bonds is 4. The van der Waals surface area contributed by atoms with Gasteiger partial charge in [-0.3, -0.25) is 4.79 Å². The van der Waals surface area contributed by atoms with Gasteiger partial charge >= 0.3 is 0 Å². The molecule has 1 atom stereocenters. The highest BCUT2D eigenvalue weighted by Crippen LogP contribution is 2.17. The standard InChI is InChI=1S/C11H15NO2/c1-4-9(3)14-11-6-5-8(2)12-10(11)7-13/h5-7,9H,4H2,1-3H3. The fourth-order valence-corrected chi connectivity index (χ4v) is 1.05. The summed E-state index contributed by atoms with van der Waals surface area (Å²) < 4.78 is 5.55. The number of ether oxygens (including phenoxy) is 1. The molecule has 0 aromatic carbocycles. The highest BCUT2D eigenvalue weighted by Gasteiger charge is 2.07. The molecule has 14 heavy (non-hydrogen) atoms. The van der Waals surface area contributed by atoms with Crippen LogP contribution < -0.4 is 4.74 Å². The van der Waals surface area contributed by atoms with Gasteiger partial charge in [-0.1, -0.05) is 6.92 Å². The van der Waals surface area contributed by atoms with Crippen LogP contribution in [-0.4, -0.2) is 17.4 Å². The predicted octanol–water partition coefficient (Wildman–Crippen LogP) is 2.38. The molecule has 1 aromatic rings. The molecule has 0 spiro atoms. The monoisotopic (exact) mass is 193 g/mol. The maximum absolute atomic E-state index is 10.7. The van der Waals surface area contributed by atoms with Crippen molar-refractivity contribution < 1.29 is 9.53 Å². The van der Waals surface area contributed by atoms with E-state index in [2.05, 4.69) is 4.98 Å². The van der Waals surface area contributed by atoms with Crippen LogP contribution in [-0.2, 0) is 0 Å². The number of pyridine rings is 1. The van der Waals surface area contributed by atoms with Gasteiger partial charge < -0.3 is 4.74 Å². The minimum atomic E-state index is 0.109. The van der Waals surface area contributed by atoms with Gasteiger partial charge in [-0.05, 0) is 32.4 Å². The third kappa shape index (κ3) is 2.55.